The highest BCUT2D eigenvalue weighted by Gasteiger charge is 2.17. The van der Waals surface area contributed by atoms with Gasteiger partial charge >= 0.3 is 5.97 Å². The molecule has 0 bridgehead atoms. The molecule has 0 spiro atoms. The Morgan fingerprint density at radius 1 is 1.16 bits per heavy atom. The predicted molar refractivity (Wildman–Crippen MR) is 76.6 cm³/mol. The molecule has 0 saturated carbocycles. The van der Waals surface area contributed by atoms with Gasteiger partial charge in [0.25, 0.3) is 0 Å². The zero-order valence-corrected chi connectivity index (χ0v) is 11.9. The molecule has 2 aromatic rings. The molecule has 1 unspecified atom stereocenters. The highest BCUT2D eigenvalue weighted by molar-refractivity contribution is 9.10. The number of halogens is 1. The molecule has 98 valence electrons. The van der Waals surface area contributed by atoms with Crippen molar-refractivity contribution in [3.8, 4) is 5.75 Å². The molecule has 1 atom stereocenters. The number of aromatic carboxylic acids is 1. The molecule has 0 aliphatic rings. The Hall–Kier alpha value is -1.81. The second-order valence-corrected chi connectivity index (χ2v) is 4.95. The number of rotatable bonds is 4. The second-order valence-electron chi connectivity index (χ2n) is 4.09. The fourth-order valence-electron chi connectivity index (χ4n) is 1.77. The third-order valence-corrected chi connectivity index (χ3v) is 3.39. The lowest BCUT2D eigenvalue weighted by Crippen LogP contribution is -2.08. The molecule has 0 radical (unpaired) electrons. The van der Waals surface area contributed by atoms with Gasteiger partial charge in [-0.25, -0.2) is 4.79 Å². The molecule has 2 rings (SSSR count). The summed E-state index contributed by atoms with van der Waals surface area (Å²) in [6.07, 6.45) is -0.224. The molecular formula is C15H13BrO3. The fourth-order valence-corrected chi connectivity index (χ4v) is 2.23. The van der Waals surface area contributed by atoms with Crippen LogP contribution in [0.2, 0.25) is 0 Å². The molecule has 0 heterocycles. The van der Waals surface area contributed by atoms with Crippen LogP contribution in [0.1, 0.15) is 28.9 Å². The van der Waals surface area contributed by atoms with Gasteiger partial charge in [-0.2, -0.15) is 0 Å². The smallest absolute Gasteiger partial charge is 0.339 e. The van der Waals surface area contributed by atoms with Crippen LogP contribution in [0.4, 0.5) is 0 Å². The van der Waals surface area contributed by atoms with E-state index in [4.69, 9.17) is 4.74 Å². The summed E-state index contributed by atoms with van der Waals surface area (Å²) in [5.74, 6) is -0.650. The molecule has 19 heavy (non-hydrogen) atoms. The number of carboxylic acids is 1. The van der Waals surface area contributed by atoms with E-state index in [1.165, 1.54) is 6.07 Å². The first kappa shape index (κ1) is 13.6. The lowest BCUT2D eigenvalue weighted by Gasteiger charge is -2.17. The van der Waals surface area contributed by atoms with Gasteiger partial charge < -0.3 is 9.84 Å². The molecule has 0 amide bonds. The number of carbonyl (C=O) groups is 1. The molecule has 1 N–H and O–H groups in total. The third-order valence-electron chi connectivity index (χ3n) is 2.76. The predicted octanol–water partition coefficient (Wildman–Crippen LogP) is 4.29. The number of para-hydroxylation sites is 1. The van der Waals surface area contributed by atoms with Crippen molar-refractivity contribution >= 4 is 21.9 Å². The van der Waals surface area contributed by atoms with Gasteiger partial charge in [0.05, 0.1) is 4.47 Å². The highest BCUT2D eigenvalue weighted by Crippen LogP contribution is 2.32. The van der Waals surface area contributed by atoms with Crippen molar-refractivity contribution in [1.82, 2.24) is 0 Å². The van der Waals surface area contributed by atoms with Gasteiger partial charge in [-0.3, -0.25) is 0 Å². The first-order valence-electron chi connectivity index (χ1n) is 5.83. The Bertz CT molecular complexity index is 581. The lowest BCUT2D eigenvalue weighted by molar-refractivity contribution is 0.0689. The summed E-state index contributed by atoms with van der Waals surface area (Å²) in [5.41, 5.74) is 1.15. The number of benzene rings is 2. The summed E-state index contributed by atoms with van der Waals surface area (Å²) in [6, 6.07) is 14.6. The van der Waals surface area contributed by atoms with Crippen LogP contribution in [0, 0.1) is 0 Å². The van der Waals surface area contributed by atoms with E-state index < -0.39 is 5.97 Å². The Morgan fingerprint density at radius 2 is 1.84 bits per heavy atom. The minimum Gasteiger partial charge on any atom is -0.484 e. The van der Waals surface area contributed by atoms with Crippen LogP contribution in [-0.2, 0) is 0 Å². The topological polar surface area (TPSA) is 46.5 Å². The number of hydrogen-bond acceptors (Lipinski definition) is 2. The van der Waals surface area contributed by atoms with Gasteiger partial charge in [0.15, 0.2) is 0 Å². The molecule has 3 nitrogen and oxygen atoms in total. The molecule has 2 aromatic carbocycles. The monoisotopic (exact) mass is 320 g/mol. The Morgan fingerprint density at radius 3 is 2.47 bits per heavy atom. The minimum atomic E-state index is -1.00. The first-order valence-corrected chi connectivity index (χ1v) is 6.62. The van der Waals surface area contributed by atoms with Crippen molar-refractivity contribution in [2.75, 3.05) is 0 Å². The Kier molecular flexibility index (Phi) is 4.22. The molecule has 0 saturated heterocycles. The second kappa shape index (κ2) is 5.89. The van der Waals surface area contributed by atoms with E-state index in [0.717, 1.165) is 5.56 Å². The zero-order chi connectivity index (χ0) is 13.8. The van der Waals surface area contributed by atoms with Gasteiger partial charge in [0.1, 0.15) is 17.4 Å². The van der Waals surface area contributed by atoms with Gasteiger partial charge in [0, 0.05) is 0 Å². The van der Waals surface area contributed by atoms with Crippen molar-refractivity contribution in [3.05, 3.63) is 64.1 Å². The van der Waals surface area contributed by atoms with E-state index in [0.29, 0.717) is 10.2 Å². The summed E-state index contributed by atoms with van der Waals surface area (Å²) >= 11 is 3.33. The van der Waals surface area contributed by atoms with Crippen LogP contribution < -0.4 is 4.74 Å². The molecule has 0 aliphatic carbocycles. The molecular weight excluding hydrogens is 308 g/mol. The van der Waals surface area contributed by atoms with E-state index in [9.17, 15) is 9.90 Å². The van der Waals surface area contributed by atoms with Gasteiger partial charge in [0.2, 0.25) is 0 Å². The summed E-state index contributed by atoms with van der Waals surface area (Å²) in [6.45, 7) is 1.89. The van der Waals surface area contributed by atoms with E-state index in [2.05, 4.69) is 15.9 Å². The average molecular weight is 321 g/mol. The fraction of sp³-hybridized carbons (Fsp3) is 0.133. The van der Waals surface area contributed by atoms with Crippen LogP contribution in [-0.4, -0.2) is 11.1 Å². The lowest BCUT2D eigenvalue weighted by atomic mass is 10.1. The van der Waals surface area contributed by atoms with Gasteiger partial charge in [-0.05, 0) is 40.5 Å². The van der Waals surface area contributed by atoms with E-state index in [-0.39, 0.29) is 11.7 Å². The van der Waals surface area contributed by atoms with Crippen LogP contribution >= 0.6 is 15.9 Å². The summed E-state index contributed by atoms with van der Waals surface area (Å²) in [4.78, 5) is 11.2. The SMILES string of the molecule is CC(Oc1c(Br)cccc1C(=O)O)c1ccccc1. The Labute approximate surface area is 120 Å². The van der Waals surface area contributed by atoms with Crippen LogP contribution in [0.25, 0.3) is 0 Å². The number of hydrogen-bond donors (Lipinski definition) is 1. The average Bonchev–Trinajstić information content (AvgIpc) is 2.41. The van der Waals surface area contributed by atoms with Crippen molar-refractivity contribution < 1.29 is 14.6 Å². The van der Waals surface area contributed by atoms with Crippen molar-refractivity contribution in [2.24, 2.45) is 0 Å². The minimum absolute atomic E-state index is 0.150. The zero-order valence-electron chi connectivity index (χ0n) is 10.3. The standard InChI is InChI=1S/C15H13BrO3/c1-10(11-6-3-2-4-7-11)19-14-12(15(17)18)8-5-9-13(14)16/h2-10H,1H3,(H,17,18). The maximum absolute atomic E-state index is 11.2. The first-order chi connectivity index (χ1) is 9.09. The quantitative estimate of drug-likeness (QED) is 0.914. The summed E-state index contributed by atoms with van der Waals surface area (Å²) in [5, 5.41) is 9.17. The van der Waals surface area contributed by atoms with Crippen LogP contribution in [0.15, 0.2) is 53.0 Å². The molecule has 0 fully saturated rings. The molecule has 4 heteroatoms. The largest absolute Gasteiger partial charge is 0.484 e. The number of carboxylic acid groups (broad SMARTS) is 1. The third kappa shape index (κ3) is 3.15. The van der Waals surface area contributed by atoms with Crippen molar-refractivity contribution in [3.63, 3.8) is 0 Å². The maximum Gasteiger partial charge on any atom is 0.339 e. The van der Waals surface area contributed by atoms with Gasteiger partial charge in [-0.15, -0.1) is 0 Å². The van der Waals surface area contributed by atoms with Crippen molar-refractivity contribution in [2.45, 2.75) is 13.0 Å². The highest BCUT2D eigenvalue weighted by atomic mass is 79.9. The van der Waals surface area contributed by atoms with Gasteiger partial charge in [-0.1, -0.05) is 36.4 Å². The van der Waals surface area contributed by atoms with Crippen molar-refractivity contribution in [1.29, 1.82) is 0 Å². The maximum atomic E-state index is 11.2. The summed E-state index contributed by atoms with van der Waals surface area (Å²) in [7, 11) is 0. The van der Waals surface area contributed by atoms with Crippen LogP contribution in [0.3, 0.4) is 0 Å². The Balaban J connectivity index is 2.31. The van der Waals surface area contributed by atoms with E-state index >= 15 is 0 Å². The van der Waals surface area contributed by atoms with E-state index in [1.54, 1.807) is 12.1 Å². The number of ether oxygens (including phenoxy) is 1. The molecule has 0 aliphatic heterocycles. The summed E-state index contributed by atoms with van der Waals surface area (Å²) < 4.78 is 6.43. The normalized spacial score (nSPS) is 11.9. The molecule has 0 aromatic heterocycles. The van der Waals surface area contributed by atoms with E-state index in [1.807, 2.05) is 37.3 Å². The van der Waals surface area contributed by atoms with Crippen LogP contribution in [0.5, 0.6) is 5.75 Å².